The number of aryl methyl sites for hydroxylation is 1. The first-order chi connectivity index (χ1) is 11.0. The van der Waals surface area contributed by atoms with Crippen LogP contribution in [0.3, 0.4) is 0 Å². The molecular formula is C15H18N4O3S. The summed E-state index contributed by atoms with van der Waals surface area (Å²) in [5.74, 6) is 1.91. The molecule has 2 heterocycles. The quantitative estimate of drug-likeness (QED) is 0.900. The number of aliphatic imine (C=N–C) groups is 1. The molecule has 0 bridgehead atoms. The molecule has 0 saturated carbocycles. The van der Waals surface area contributed by atoms with E-state index in [1.165, 1.54) is 0 Å². The number of rotatable bonds is 5. The van der Waals surface area contributed by atoms with E-state index in [9.17, 15) is 8.42 Å². The highest BCUT2D eigenvalue weighted by Gasteiger charge is 2.30. The van der Waals surface area contributed by atoms with E-state index in [4.69, 9.17) is 4.52 Å². The largest absolute Gasteiger partial charge is 0.337 e. The van der Waals surface area contributed by atoms with Gasteiger partial charge in [-0.1, -0.05) is 31.1 Å². The number of nitrogens with zero attached hydrogens (tertiary/aromatic N) is 3. The summed E-state index contributed by atoms with van der Waals surface area (Å²) in [6.07, 6.45) is 1.74. The molecule has 1 N–H and O–H groups in total. The van der Waals surface area contributed by atoms with Crippen molar-refractivity contribution in [2.45, 2.75) is 38.1 Å². The highest BCUT2D eigenvalue weighted by Crippen LogP contribution is 2.22. The molecule has 1 aliphatic heterocycles. The number of aromatic nitrogens is 2. The topological polar surface area (TPSA) is 97.5 Å². The van der Waals surface area contributed by atoms with E-state index >= 15 is 0 Å². The average Bonchev–Trinajstić information content (AvgIpc) is 3.06. The molecule has 0 spiro atoms. The maximum Gasteiger partial charge on any atom is 0.263 e. The lowest BCUT2D eigenvalue weighted by atomic mass is 10.1. The second-order valence-corrected chi connectivity index (χ2v) is 7.45. The molecule has 2 aromatic rings. The molecule has 3 rings (SSSR count). The number of sulfonamides is 1. The number of nitrogens with one attached hydrogen (secondary N) is 1. The van der Waals surface area contributed by atoms with Crippen molar-refractivity contribution >= 4 is 15.9 Å². The van der Waals surface area contributed by atoms with Gasteiger partial charge in [0, 0.05) is 12.0 Å². The SMILES string of the molecule is CC(C)CCc1noc(CN=C2NS(=O)(=O)c3ccccc32)n1. The van der Waals surface area contributed by atoms with Crippen LogP contribution in [0.5, 0.6) is 0 Å². The molecule has 7 nitrogen and oxygen atoms in total. The minimum atomic E-state index is -3.52. The van der Waals surface area contributed by atoms with Crippen LogP contribution in [0.2, 0.25) is 0 Å². The molecular weight excluding hydrogens is 316 g/mol. The van der Waals surface area contributed by atoms with Gasteiger partial charge in [0.2, 0.25) is 5.89 Å². The van der Waals surface area contributed by atoms with Crippen molar-refractivity contribution in [2.75, 3.05) is 0 Å². The molecule has 0 unspecified atom stereocenters. The van der Waals surface area contributed by atoms with Gasteiger partial charge in [-0.3, -0.25) is 9.71 Å². The Labute approximate surface area is 134 Å². The Morgan fingerprint density at radius 2 is 2.09 bits per heavy atom. The Balaban J connectivity index is 1.74. The van der Waals surface area contributed by atoms with Crippen molar-refractivity contribution in [1.29, 1.82) is 0 Å². The molecule has 1 aromatic heterocycles. The van der Waals surface area contributed by atoms with Crippen LogP contribution in [0.4, 0.5) is 0 Å². The zero-order valence-electron chi connectivity index (χ0n) is 13.0. The minimum Gasteiger partial charge on any atom is -0.337 e. The molecule has 1 aromatic carbocycles. The van der Waals surface area contributed by atoms with Gasteiger partial charge in [-0.15, -0.1) is 0 Å². The highest BCUT2D eigenvalue weighted by molar-refractivity contribution is 7.90. The lowest BCUT2D eigenvalue weighted by molar-refractivity contribution is 0.373. The smallest absolute Gasteiger partial charge is 0.263 e. The van der Waals surface area contributed by atoms with Gasteiger partial charge in [-0.2, -0.15) is 4.98 Å². The van der Waals surface area contributed by atoms with E-state index in [-0.39, 0.29) is 11.4 Å². The monoisotopic (exact) mass is 334 g/mol. The summed E-state index contributed by atoms with van der Waals surface area (Å²) < 4.78 is 31.6. The van der Waals surface area contributed by atoms with Crippen molar-refractivity contribution in [1.82, 2.24) is 14.9 Å². The van der Waals surface area contributed by atoms with Gasteiger partial charge in [-0.05, 0) is 24.5 Å². The van der Waals surface area contributed by atoms with Crippen LogP contribution in [0, 0.1) is 5.92 Å². The van der Waals surface area contributed by atoms with Crippen molar-refractivity contribution < 1.29 is 12.9 Å². The molecule has 0 fully saturated rings. The molecule has 0 amide bonds. The summed E-state index contributed by atoms with van der Waals surface area (Å²) in [6, 6.07) is 6.72. The third-order valence-corrected chi connectivity index (χ3v) is 4.89. The fourth-order valence-corrected chi connectivity index (χ4v) is 3.52. The van der Waals surface area contributed by atoms with Crippen LogP contribution in [-0.2, 0) is 23.0 Å². The van der Waals surface area contributed by atoms with E-state index in [1.54, 1.807) is 24.3 Å². The van der Waals surface area contributed by atoms with Crippen LogP contribution in [0.15, 0.2) is 38.7 Å². The van der Waals surface area contributed by atoms with Gasteiger partial charge < -0.3 is 4.52 Å². The summed E-state index contributed by atoms with van der Waals surface area (Å²) >= 11 is 0. The Morgan fingerprint density at radius 3 is 2.87 bits per heavy atom. The summed E-state index contributed by atoms with van der Waals surface area (Å²) in [5.41, 5.74) is 0.562. The first-order valence-electron chi connectivity index (χ1n) is 7.44. The standard InChI is InChI=1S/C15H18N4O3S/c1-10(2)7-8-13-17-14(22-18-13)9-16-15-11-5-3-4-6-12(11)23(20,21)19-15/h3-6,10H,7-9H2,1-2H3,(H,16,19). The predicted molar refractivity (Wildman–Crippen MR) is 84.5 cm³/mol. The Hall–Kier alpha value is -2.22. The number of hydrogen-bond donors (Lipinski definition) is 1. The molecule has 0 radical (unpaired) electrons. The van der Waals surface area contributed by atoms with E-state index in [0.717, 1.165) is 12.8 Å². The van der Waals surface area contributed by atoms with Crippen LogP contribution in [0.25, 0.3) is 0 Å². The Bertz CT molecular complexity index is 840. The zero-order valence-corrected chi connectivity index (χ0v) is 13.8. The summed E-state index contributed by atoms with van der Waals surface area (Å²) in [7, 11) is -3.52. The minimum absolute atomic E-state index is 0.140. The van der Waals surface area contributed by atoms with Crippen LogP contribution in [0.1, 0.15) is 37.5 Å². The zero-order chi connectivity index (χ0) is 16.4. The predicted octanol–water partition coefficient (Wildman–Crippen LogP) is 1.90. The third-order valence-electron chi connectivity index (χ3n) is 3.49. The number of benzene rings is 1. The summed E-state index contributed by atoms with van der Waals surface area (Å²) in [6.45, 7) is 4.41. The summed E-state index contributed by atoms with van der Waals surface area (Å²) in [4.78, 5) is 8.78. The molecule has 0 saturated heterocycles. The number of amidine groups is 1. The number of fused-ring (bicyclic) bond motifs is 1. The molecule has 8 heteroatoms. The van der Waals surface area contributed by atoms with Crippen molar-refractivity contribution in [3.63, 3.8) is 0 Å². The van der Waals surface area contributed by atoms with Gasteiger partial charge in [0.1, 0.15) is 12.4 Å². The third kappa shape index (κ3) is 3.42. The Kier molecular flexibility index (Phi) is 4.16. The molecule has 0 aliphatic carbocycles. The first kappa shape index (κ1) is 15.7. The van der Waals surface area contributed by atoms with Crippen molar-refractivity contribution in [3.05, 3.63) is 41.5 Å². The lowest BCUT2D eigenvalue weighted by Gasteiger charge is -1.98. The lowest BCUT2D eigenvalue weighted by Crippen LogP contribution is -2.22. The van der Waals surface area contributed by atoms with Gasteiger partial charge in [0.05, 0.1) is 4.90 Å². The van der Waals surface area contributed by atoms with Crippen LogP contribution in [-0.4, -0.2) is 24.4 Å². The van der Waals surface area contributed by atoms with Gasteiger partial charge in [0.25, 0.3) is 10.0 Å². The molecule has 122 valence electrons. The van der Waals surface area contributed by atoms with Gasteiger partial charge >= 0.3 is 0 Å². The van der Waals surface area contributed by atoms with Crippen molar-refractivity contribution in [3.8, 4) is 0 Å². The molecule has 1 aliphatic rings. The second-order valence-electron chi connectivity index (χ2n) is 5.80. The van der Waals surface area contributed by atoms with Crippen LogP contribution < -0.4 is 4.72 Å². The van der Waals surface area contributed by atoms with E-state index in [0.29, 0.717) is 29.0 Å². The second kappa shape index (κ2) is 6.11. The normalized spacial score (nSPS) is 17.4. The number of hydrogen-bond acceptors (Lipinski definition) is 6. The molecule has 0 atom stereocenters. The first-order valence-corrected chi connectivity index (χ1v) is 8.92. The maximum atomic E-state index is 12.0. The Morgan fingerprint density at radius 1 is 1.30 bits per heavy atom. The van der Waals surface area contributed by atoms with Crippen molar-refractivity contribution in [2.24, 2.45) is 10.9 Å². The fourth-order valence-electron chi connectivity index (χ4n) is 2.27. The fraction of sp³-hybridized carbons (Fsp3) is 0.400. The van der Waals surface area contributed by atoms with Gasteiger partial charge in [0.15, 0.2) is 5.82 Å². The van der Waals surface area contributed by atoms with Gasteiger partial charge in [-0.25, -0.2) is 8.42 Å². The van der Waals surface area contributed by atoms with E-state index < -0.39 is 10.0 Å². The maximum absolute atomic E-state index is 12.0. The van der Waals surface area contributed by atoms with Crippen LogP contribution >= 0.6 is 0 Å². The highest BCUT2D eigenvalue weighted by atomic mass is 32.2. The molecule has 23 heavy (non-hydrogen) atoms. The summed E-state index contributed by atoms with van der Waals surface area (Å²) in [5, 5.41) is 3.91. The van der Waals surface area contributed by atoms with E-state index in [2.05, 4.69) is 33.7 Å². The van der Waals surface area contributed by atoms with E-state index in [1.807, 2.05) is 0 Å². The average molecular weight is 334 g/mol.